The molecule has 0 bridgehead atoms. The summed E-state index contributed by atoms with van der Waals surface area (Å²) in [4.78, 5) is 9.03. The Morgan fingerprint density at radius 3 is 2.38 bits per heavy atom. The van der Waals surface area contributed by atoms with Crippen LogP contribution in [0.15, 0.2) is 34.2 Å². The van der Waals surface area contributed by atoms with Crippen LogP contribution in [0.5, 0.6) is 5.75 Å². The van der Waals surface area contributed by atoms with Gasteiger partial charge in [-0.2, -0.15) is 0 Å². The summed E-state index contributed by atoms with van der Waals surface area (Å²) in [6.07, 6.45) is 0. The van der Waals surface area contributed by atoms with Crippen molar-refractivity contribution < 1.29 is 13.2 Å². The van der Waals surface area contributed by atoms with Crippen LogP contribution < -0.4 is 4.74 Å². The Balaban J connectivity index is 1.79. The summed E-state index contributed by atoms with van der Waals surface area (Å²) in [5, 5.41) is 0. The number of piperazine rings is 1. The monoisotopic (exact) mass is 352 g/mol. The third-order valence-electron chi connectivity index (χ3n) is 4.29. The van der Waals surface area contributed by atoms with Crippen molar-refractivity contribution in [1.82, 2.24) is 14.1 Å². The SMILES string of the molecule is CCOc1ccc(S(=O)(=O)N2CCN=C2N2CCN(C)CC2)cc1. The van der Waals surface area contributed by atoms with Gasteiger partial charge in [-0.25, -0.2) is 12.7 Å². The lowest BCUT2D eigenvalue weighted by Gasteiger charge is -2.36. The highest BCUT2D eigenvalue weighted by molar-refractivity contribution is 7.89. The molecular formula is C16H24N4O3S. The molecule has 2 aliphatic rings. The molecule has 1 fully saturated rings. The number of ether oxygens (including phenoxy) is 1. The molecule has 1 aromatic rings. The lowest BCUT2D eigenvalue weighted by atomic mass is 10.3. The molecule has 0 aromatic heterocycles. The Labute approximate surface area is 143 Å². The molecule has 2 heterocycles. The van der Waals surface area contributed by atoms with Gasteiger partial charge in [0.25, 0.3) is 10.0 Å². The van der Waals surface area contributed by atoms with Crippen LogP contribution in [0.4, 0.5) is 0 Å². The van der Waals surface area contributed by atoms with Crippen molar-refractivity contribution in [3.63, 3.8) is 0 Å². The molecule has 0 aliphatic carbocycles. The van der Waals surface area contributed by atoms with Gasteiger partial charge >= 0.3 is 0 Å². The molecule has 1 saturated heterocycles. The minimum Gasteiger partial charge on any atom is -0.494 e. The van der Waals surface area contributed by atoms with Crippen molar-refractivity contribution in [2.24, 2.45) is 4.99 Å². The Bertz CT molecular complexity index is 695. The maximum atomic E-state index is 13.0. The van der Waals surface area contributed by atoms with E-state index in [4.69, 9.17) is 4.74 Å². The molecule has 0 radical (unpaired) electrons. The van der Waals surface area contributed by atoms with E-state index in [1.807, 2.05) is 6.92 Å². The largest absolute Gasteiger partial charge is 0.494 e. The van der Waals surface area contributed by atoms with Gasteiger partial charge in [-0.1, -0.05) is 0 Å². The molecule has 7 nitrogen and oxygen atoms in total. The van der Waals surface area contributed by atoms with E-state index in [9.17, 15) is 8.42 Å². The Morgan fingerprint density at radius 2 is 1.75 bits per heavy atom. The van der Waals surface area contributed by atoms with E-state index < -0.39 is 10.0 Å². The van der Waals surface area contributed by atoms with E-state index >= 15 is 0 Å². The van der Waals surface area contributed by atoms with Crippen LogP contribution in [-0.2, 0) is 10.0 Å². The van der Waals surface area contributed by atoms with Crippen LogP contribution in [0.3, 0.4) is 0 Å². The average Bonchev–Trinajstić information content (AvgIpc) is 3.07. The maximum Gasteiger partial charge on any atom is 0.266 e. The first-order valence-electron chi connectivity index (χ1n) is 8.26. The fourth-order valence-electron chi connectivity index (χ4n) is 2.91. The number of rotatable bonds is 4. The number of likely N-dealkylation sites (N-methyl/N-ethyl adjacent to an activating group) is 1. The van der Waals surface area contributed by atoms with Crippen molar-refractivity contribution in [1.29, 1.82) is 0 Å². The zero-order chi connectivity index (χ0) is 17.2. The van der Waals surface area contributed by atoms with Gasteiger partial charge in [0.1, 0.15) is 5.75 Å². The standard InChI is InChI=1S/C16H24N4O3S/c1-3-23-14-4-6-15(7-5-14)24(21,22)20-9-8-17-16(20)19-12-10-18(2)11-13-19/h4-7H,3,8-13H2,1-2H3. The first kappa shape index (κ1) is 17.0. The second-order valence-corrected chi connectivity index (χ2v) is 7.82. The summed E-state index contributed by atoms with van der Waals surface area (Å²) in [6.45, 7) is 6.78. The molecule has 2 aliphatic heterocycles. The van der Waals surface area contributed by atoms with Crippen molar-refractivity contribution >= 4 is 16.0 Å². The van der Waals surface area contributed by atoms with E-state index in [2.05, 4.69) is 21.8 Å². The van der Waals surface area contributed by atoms with Crippen molar-refractivity contribution in [3.8, 4) is 5.75 Å². The first-order valence-corrected chi connectivity index (χ1v) is 9.70. The third kappa shape index (κ3) is 3.34. The summed E-state index contributed by atoms with van der Waals surface area (Å²) in [7, 11) is -1.52. The van der Waals surface area contributed by atoms with Gasteiger partial charge in [0.15, 0.2) is 0 Å². The van der Waals surface area contributed by atoms with Gasteiger partial charge in [-0.05, 0) is 38.2 Å². The highest BCUT2D eigenvalue weighted by Crippen LogP contribution is 2.23. The molecule has 0 saturated carbocycles. The number of guanidine groups is 1. The summed E-state index contributed by atoms with van der Waals surface area (Å²) >= 11 is 0. The second kappa shape index (κ2) is 6.98. The number of benzene rings is 1. The van der Waals surface area contributed by atoms with Crippen molar-refractivity contribution in [2.45, 2.75) is 11.8 Å². The van der Waals surface area contributed by atoms with Crippen LogP contribution in [-0.4, -0.2) is 81.4 Å². The normalized spacial score (nSPS) is 19.5. The van der Waals surface area contributed by atoms with Crippen LogP contribution in [0.2, 0.25) is 0 Å². The molecule has 132 valence electrons. The molecular weight excluding hydrogens is 328 g/mol. The topological polar surface area (TPSA) is 65.5 Å². The van der Waals surface area contributed by atoms with E-state index in [1.54, 1.807) is 24.3 Å². The minimum atomic E-state index is -3.59. The molecule has 24 heavy (non-hydrogen) atoms. The fraction of sp³-hybridized carbons (Fsp3) is 0.562. The number of sulfonamides is 1. The van der Waals surface area contributed by atoms with Crippen LogP contribution in [0, 0.1) is 0 Å². The van der Waals surface area contributed by atoms with Gasteiger partial charge in [0.2, 0.25) is 5.96 Å². The summed E-state index contributed by atoms with van der Waals surface area (Å²) < 4.78 is 32.8. The van der Waals surface area contributed by atoms with Gasteiger partial charge in [0, 0.05) is 26.2 Å². The lowest BCUT2D eigenvalue weighted by molar-refractivity contribution is 0.208. The molecule has 0 atom stereocenters. The summed E-state index contributed by atoms with van der Waals surface area (Å²) in [5.74, 6) is 1.25. The average molecular weight is 352 g/mol. The number of hydrogen-bond donors (Lipinski definition) is 0. The highest BCUT2D eigenvalue weighted by Gasteiger charge is 2.34. The molecule has 1 aromatic carbocycles. The molecule has 0 spiro atoms. The lowest BCUT2D eigenvalue weighted by Crippen LogP contribution is -2.52. The van der Waals surface area contributed by atoms with E-state index in [0.29, 0.717) is 31.4 Å². The Kier molecular flexibility index (Phi) is 4.96. The highest BCUT2D eigenvalue weighted by atomic mass is 32.2. The second-order valence-electron chi connectivity index (χ2n) is 5.95. The van der Waals surface area contributed by atoms with Crippen molar-refractivity contribution in [2.75, 3.05) is 52.9 Å². The van der Waals surface area contributed by atoms with Crippen LogP contribution in [0.25, 0.3) is 0 Å². The molecule has 3 rings (SSSR count). The van der Waals surface area contributed by atoms with E-state index in [1.165, 1.54) is 4.31 Å². The number of aliphatic imine (C=N–C) groups is 1. The van der Waals surface area contributed by atoms with Gasteiger partial charge in [-0.15, -0.1) is 0 Å². The Hall–Kier alpha value is -1.80. The molecule has 8 heteroatoms. The van der Waals surface area contributed by atoms with Crippen LogP contribution in [0.1, 0.15) is 6.92 Å². The third-order valence-corrected chi connectivity index (χ3v) is 6.08. The summed E-state index contributed by atoms with van der Waals surface area (Å²) in [6, 6.07) is 6.58. The summed E-state index contributed by atoms with van der Waals surface area (Å²) in [5.41, 5.74) is 0. The maximum absolute atomic E-state index is 13.0. The van der Waals surface area contributed by atoms with Crippen LogP contribution >= 0.6 is 0 Å². The first-order chi connectivity index (χ1) is 11.5. The smallest absolute Gasteiger partial charge is 0.266 e. The predicted octanol–water partition coefficient (Wildman–Crippen LogP) is 0.693. The van der Waals surface area contributed by atoms with Gasteiger partial charge < -0.3 is 14.5 Å². The minimum absolute atomic E-state index is 0.273. The number of nitrogens with zero attached hydrogens (tertiary/aromatic N) is 4. The van der Waals surface area contributed by atoms with Gasteiger partial charge in [0.05, 0.1) is 24.6 Å². The van der Waals surface area contributed by atoms with Crippen molar-refractivity contribution in [3.05, 3.63) is 24.3 Å². The predicted molar refractivity (Wildman–Crippen MR) is 92.9 cm³/mol. The molecule has 0 amide bonds. The fourth-order valence-corrected chi connectivity index (χ4v) is 4.36. The Morgan fingerprint density at radius 1 is 1.08 bits per heavy atom. The number of hydrogen-bond acceptors (Lipinski definition) is 6. The zero-order valence-electron chi connectivity index (χ0n) is 14.2. The van der Waals surface area contributed by atoms with Gasteiger partial charge in [-0.3, -0.25) is 4.99 Å². The molecule has 0 N–H and O–H groups in total. The van der Waals surface area contributed by atoms with E-state index in [0.717, 1.165) is 26.2 Å². The van der Waals surface area contributed by atoms with E-state index in [-0.39, 0.29) is 4.90 Å². The molecule has 0 unspecified atom stereocenters. The zero-order valence-corrected chi connectivity index (χ0v) is 15.0. The quantitative estimate of drug-likeness (QED) is 0.798.